The van der Waals surface area contributed by atoms with Gasteiger partial charge in [0.05, 0.1) is 5.75 Å². The SMILES string of the molecule is CCCS(=O)(=O)N1CCC(C)C1CBr. The van der Waals surface area contributed by atoms with Crippen LogP contribution in [-0.4, -0.2) is 36.4 Å². The molecule has 0 aromatic rings. The number of rotatable bonds is 4. The maximum atomic E-state index is 11.9. The number of hydrogen-bond acceptors (Lipinski definition) is 2. The lowest BCUT2D eigenvalue weighted by molar-refractivity contribution is 0.378. The zero-order valence-corrected chi connectivity index (χ0v) is 11.1. The largest absolute Gasteiger partial charge is 0.214 e. The Hall–Kier alpha value is 0.390. The topological polar surface area (TPSA) is 37.4 Å². The van der Waals surface area contributed by atoms with E-state index in [1.54, 1.807) is 4.31 Å². The van der Waals surface area contributed by atoms with Crippen molar-refractivity contribution in [3.8, 4) is 0 Å². The molecule has 1 aliphatic rings. The maximum Gasteiger partial charge on any atom is 0.214 e. The van der Waals surface area contributed by atoms with Crippen molar-refractivity contribution in [2.75, 3.05) is 17.6 Å². The summed E-state index contributed by atoms with van der Waals surface area (Å²) in [6, 6.07) is 0.159. The van der Waals surface area contributed by atoms with Gasteiger partial charge in [0, 0.05) is 17.9 Å². The molecule has 3 nitrogen and oxygen atoms in total. The molecular formula is C9H18BrNO2S. The predicted octanol–water partition coefficient (Wildman–Crippen LogP) is 1.83. The predicted molar refractivity (Wildman–Crippen MR) is 62.1 cm³/mol. The smallest absolute Gasteiger partial charge is 0.212 e. The van der Waals surface area contributed by atoms with E-state index in [1.807, 2.05) is 6.92 Å². The second-order valence-electron chi connectivity index (χ2n) is 3.91. The Morgan fingerprint density at radius 1 is 1.50 bits per heavy atom. The van der Waals surface area contributed by atoms with Crippen LogP contribution in [0.5, 0.6) is 0 Å². The fraction of sp³-hybridized carbons (Fsp3) is 1.00. The van der Waals surface area contributed by atoms with Crippen LogP contribution in [-0.2, 0) is 10.0 Å². The van der Waals surface area contributed by atoms with Crippen LogP contribution in [0.2, 0.25) is 0 Å². The van der Waals surface area contributed by atoms with Gasteiger partial charge in [0.25, 0.3) is 0 Å². The molecule has 0 aromatic heterocycles. The van der Waals surface area contributed by atoms with E-state index in [9.17, 15) is 8.42 Å². The van der Waals surface area contributed by atoms with Crippen molar-refractivity contribution < 1.29 is 8.42 Å². The molecule has 2 atom stereocenters. The molecule has 1 fully saturated rings. The van der Waals surface area contributed by atoms with E-state index in [0.717, 1.165) is 11.8 Å². The summed E-state index contributed by atoms with van der Waals surface area (Å²) < 4.78 is 25.4. The molecule has 0 N–H and O–H groups in total. The molecule has 2 unspecified atom stereocenters. The molecular weight excluding hydrogens is 266 g/mol. The molecule has 1 heterocycles. The first-order valence-corrected chi connectivity index (χ1v) is 7.81. The van der Waals surface area contributed by atoms with Gasteiger partial charge in [0.2, 0.25) is 10.0 Å². The summed E-state index contributed by atoms with van der Waals surface area (Å²) in [5.74, 6) is 0.754. The monoisotopic (exact) mass is 283 g/mol. The third kappa shape index (κ3) is 2.49. The van der Waals surface area contributed by atoms with Gasteiger partial charge in [-0.1, -0.05) is 29.8 Å². The van der Waals surface area contributed by atoms with E-state index in [4.69, 9.17) is 0 Å². The number of alkyl halides is 1. The molecule has 0 aromatic carbocycles. The molecule has 1 aliphatic heterocycles. The van der Waals surface area contributed by atoms with Crippen LogP contribution in [0.4, 0.5) is 0 Å². The highest BCUT2D eigenvalue weighted by molar-refractivity contribution is 9.09. The Bertz CT molecular complexity index is 279. The first-order chi connectivity index (χ1) is 6.53. The number of halogens is 1. The Balaban J connectivity index is 2.78. The minimum atomic E-state index is -3.00. The van der Waals surface area contributed by atoms with E-state index in [-0.39, 0.29) is 11.8 Å². The van der Waals surface area contributed by atoms with Gasteiger partial charge >= 0.3 is 0 Å². The molecule has 0 bridgehead atoms. The Labute approximate surface area is 95.0 Å². The van der Waals surface area contributed by atoms with Gasteiger partial charge in [-0.25, -0.2) is 8.42 Å². The summed E-state index contributed by atoms with van der Waals surface area (Å²) in [7, 11) is -3.00. The van der Waals surface area contributed by atoms with Crippen LogP contribution in [0, 0.1) is 5.92 Å². The standard InChI is InChI=1S/C9H18BrNO2S/c1-3-6-14(12,13)11-5-4-8(2)9(11)7-10/h8-9H,3-7H2,1-2H3. The van der Waals surface area contributed by atoms with E-state index in [1.165, 1.54) is 0 Å². The van der Waals surface area contributed by atoms with Crippen LogP contribution in [0.15, 0.2) is 0 Å². The van der Waals surface area contributed by atoms with Crippen LogP contribution in [0.25, 0.3) is 0 Å². The zero-order chi connectivity index (χ0) is 10.8. The fourth-order valence-electron chi connectivity index (χ4n) is 1.92. The third-order valence-electron chi connectivity index (χ3n) is 2.81. The average Bonchev–Trinajstić information content (AvgIpc) is 2.47. The Morgan fingerprint density at radius 3 is 2.64 bits per heavy atom. The van der Waals surface area contributed by atoms with Gasteiger partial charge in [-0.3, -0.25) is 0 Å². The van der Waals surface area contributed by atoms with Crippen LogP contribution < -0.4 is 0 Å². The quantitative estimate of drug-likeness (QED) is 0.739. The fourth-order valence-corrected chi connectivity index (χ4v) is 4.93. The third-order valence-corrected chi connectivity index (χ3v) is 5.56. The summed E-state index contributed by atoms with van der Waals surface area (Å²) in [4.78, 5) is 0. The first kappa shape index (κ1) is 12.5. The summed E-state index contributed by atoms with van der Waals surface area (Å²) in [6.07, 6.45) is 1.68. The minimum absolute atomic E-state index is 0.159. The van der Waals surface area contributed by atoms with E-state index >= 15 is 0 Å². The van der Waals surface area contributed by atoms with E-state index in [2.05, 4.69) is 22.9 Å². The second-order valence-corrected chi connectivity index (χ2v) is 6.60. The maximum absolute atomic E-state index is 11.9. The Kier molecular flexibility index (Phi) is 4.40. The number of hydrogen-bond donors (Lipinski definition) is 0. The first-order valence-electron chi connectivity index (χ1n) is 5.08. The van der Waals surface area contributed by atoms with Crippen LogP contribution >= 0.6 is 15.9 Å². The van der Waals surface area contributed by atoms with Gasteiger partial charge in [-0.2, -0.15) is 4.31 Å². The lowest BCUT2D eigenvalue weighted by Gasteiger charge is -2.24. The van der Waals surface area contributed by atoms with Crippen LogP contribution in [0.3, 0.4) is 0 Å². The highest BCUT2D eigenvalue weighted by atomic mass is 79.9. The summed E-state index contributed by atoms with van der Waals surface area (Å²) in [5, 5.41) is 0.747. The summed E-state index contributed by atoms with van der Waals surface area (Å²) in [5.41, 5.74) is 0. The lowest BCUT2D eigenvalue weighted by atomic mass is 10.1. The van der Waals surface area contributed by atoms with Crippen molar-refractivity contribution >= 4 is 26.0 Å². The van der Waals surface area contributed by atoms with Crippen molar-refractivity contribution in [2.45, 2.75) is 32.7 Å². The molecule has 14 heavy (non-hydrogen) atoms. The van der Waals surface area contributed by atoms with E-state index < -0.39 is 10.0 Å². The molecule has 0 amide bonds. The van der Waals surface area contributed by atoms with Crippen molar-refractivity contribution in [1.82, 2.24) is 4.31 Å². The summed E-state index contributed by atoms with van der Waals surface area (Å²) in [6.45, 7) is 4.72. The molecule has 0 saturated carbocycles. The van der Waals surface area contributed by atoms with E-state index in [0.29, 0.717) is 18.9 Å². The highest BCUT2D eigenvalue weighted by Gasteiger charge is 2.37. The van der Waals surface area contributed by atoms with Crippen molar-refractivity contribution in [3.05, 3.63) is 0 Å². The number of nitrogens with zero attached hydrogens (tertiary/aromatic N) is 1. The van der Waals surface area contributed by atoms with Crippen molar-refractivity contribution in [3.63, 3.8) is 0 Å². The number of sulfonamides is 1. The van der Waals surface area contributed by atoms with Gasteiger partial charge in [0.1, 0.15) is 0 Å². The average molecular weight is 284 g/mol. The molecule has 0 spiro atoms. The van der Waals surface area contributed by atoms with Gasteiger partial charge in [-0.15, -0.1) is 0 Å². The molecule has 1 saturated heterocycles. The summed E-state index contributed by atoms with van der Waals surface area (Å²) >= 11 is 3.39. The highest BCUT2D eigenvalue weighted by Crippen LogP contribution is 2.28. The molecule has 1 rings (SSSR count). The lowest BCUT2D eigenvalue weighted by Crippen LogP contribution is -2.39. The second kappa shape index (κ2) is 4.94. The normalized spacial score (nSPS) is 29.6. The van der Waals surface area contributed by atoms with Crippen molar-refractivity contribution in [1.29, 1.82) is 0 Å². The van der Waals surface area contributed by atoms with Crippen molar-refractivity contribution in [2.24, 2.45) is 5.92 Å². The van der Waals surface area contributed by atoms with Gasteiger partial charge in [-0.05, 0) is 18.8 Å². The minimum Gasteiger partial charge on any atom is -0.212 e. The molecule has 0 aliphatic carbocycles. The van der Waals surface area contributed by atoms with Gasteiger partial charge in [0.15, 0.2) is 0 Å². The zero-order valence-electron chi connectivity index (χ0n) is 8.74. The molecule has 0 radical (unpaired) electrons. The Morgan fingerprint density at radius 2 is 2.14 bits per heavy atom. The van der Waals surface area contributed by atoms with Gasteiger partial charge < -0.3 is 0 Å². The van der Waals surface area contributed by atoms with Crippen LogP contribution in [0.1, 0.15) is 26.7 Å². The molecule has 5 heteroatoms. The molecule has 84 valence electrons.